The molecule has 0 bridgehead atoms. The van der Waals surface area contributed by atoms with Crippen molar-refractivity contribution in [2.45, 2.75) is 6.42 Å². The van der Waals surface area contributed by atoms with Gasteiger partial charge in [0.15, 0.2) is 5.13 Å². The van der Waals surface area contributed by atoms with Crippen LogP contribution in [0.1, 0.15) is 20.8 Å². The zero-order valence-corrected chi connectivity index (χ0v) is 18.4. The van der Waals surface area contributed by atoms with Gasteiger partial charge < -0.3 is 0 Å². The SMILES string of the molecule is O=C(Nc1ncc(Cc2ccc(Cl)cc2)s1)c1cc(-c2cccnc2)nc2ccccc12. The van der Waals surface area contributed by atoms with E-state index in [1.165, 1.54) is 11.3 Å². The number of hydrogen-bond acceptors (Lipinski definition) is 5. The number of benzene rings is 2. The first-order valence-electron chi connectivity index (χ1n) is 9.96. The van der Waals surface area contributed by atoms with Crippen molar-refractivity contribution in [1.29, 1.82) is 0 Å². The molecule has 1 N–H and O–H groups in total. The number of rotatable bonds is 5. The zero-order chi connectivity index (χ0) is 21.9. The second-order valence-corrected chi connectivity index (χ2v) is 8.75. The minimum atomic E-state index is -0.221. The number of fused-ring (bicyclic) bond motifs is 1. The van der Waals surface area contributed by atoms with Gasteiger partial charge in [0.05, 0.1) is 16.8 Å². The Morgan fingerprint density at radius 3 is 2.66 bits per heavy atom. The lowest BCUT2D eigenvalue weighted by atomic mass is 10.0. The lowest BCUT2D eigenvalue weighted by Gasteiger charge is -2.09. The Morgan fingerprint density at radius 1 is 1.00 bits per heavy atom. The molecule has 7 heteroatoms. The fourth-order valence-corrected chi connectivity index (χ4v) is 4.41. The van der Waals surface area contributed by atoms with Gasteiger partial charge in [-0.1, -0.05) is 41.9 Å². The Balaban J connectivity index is 1.42. The minimum absolute atomic E-state index is 0.221. The number of thiazole rings is 1. The largest absolute Gasteiger partial charge is 0.298 e. The molecular formula is C25H17ClN4OS. The van der Waals surface area contributed by atoms with E-state index in [9.17, 15) is 4.79 Å². The first kappa shape index (κ1) is 20.3. The van der Waals surface area contributed by atoms with Crippen LogP contribution < -0.4 is 5.32 Å². The van der Waals surface area contributed by atoms with E-state index in [0.29, 0.717) is 21.4 Å². The van der Waals surface area contributed by atoms with Gasteiger partial charge in [-0.2, -0.15) is 0 Å². The van der Waals surface area contributed by atoms with E-state index < -0.39 is 0 Å². The fourth-order valence-electron chi connectivity index (χ4n) is 3.44. The molecule has 0 unspecified atom stereocenters. The number of para-hydroxylation sites is 1. The van der Waals surface area contributed by atoms with Crippen LogP contribution in [0.4, 0.5) is 5.13 Å². The van der Waals surface area contributed by atoms with Crippen LogP contribution in [0.3, 0.4) is 0 Å². The second-order valence-electron chi connectivity index (χ2n) is 7.20. The van der Waals surface area contributed by atoms with Crippen molar-refractivity contribution in [3.8, 4) is 11.3 Å². The van der Waals surface area contributed by atoms with Gasteiger partial charge in [-0.15, -0.1) is 11.3 Å². The second kappa shape index (κ2) is 8.86. The highest BCUT2D eigenvalue weighted by molar-refractivity contribution is 7.15. The smallest absolute Gasteiger partial charge is 0.258 e. The first-order valence-corrected chi connectivity index (χ1v) is 11.2. The summed E-state index contributed by atoms with van der Waals surface area (Å²) in [5.74, 6) is -0.221. The Kier molecular flexibility index (Phi) is 5.62. The maximum atomic E-state index is 13.2. The van der Waals surface area contributed by atoms with Crippen LogP contribution in [0.25, 0.3) is 22.2 Å². The highest BCUT2D eigenvalue weighted by atomic mass is 35.5. The predicted octanol–water partition coefficient (Wildman–Crippen LogP) is 6.25. The van der Waals surface area contributed by atoms with E-state index in [0.717, 1.165) is 33.3 Å². The van der Waals surface area contributed by atoms with Crippen LogP contribution in [0.5, 0.6) is 0 Å². The van der Waals surface area contributed by atoms with Crippen molar-refractivity contribution in [1.82, 2.24) is 15.0 Å². The Morgan fingerprint density at radius 2 is 1.84 bits per heavy atom. The maximum Gasteiger partial charge on any atom is 0.258 e. The third-order valence-electron chi connectivity index (χ3n) is 4.98. The molecule has 0 radical (unpaired) electrons. The fraction of sp³-hybridized carbons (Fsp3) is 0.0400. The van der Waals surface area contributed by atoms with Gasteiger partial charge in [-0.3, -0.25) is 15.1 Å². The van der Waals surface area contributed by atoms with E-state index >= 15 is 0 Å². The summed E-state index contributed by atoms with van der Waals surface area (Å²) in [7, 11) is 0. The molecule has 3 aromatic heterocycles. The summed E-state index contributed by atoms with van der Waals surface area (Å²) in [5, 5.41) is 5.00. The molecule has 0 aliphatic rings. The monoisotopic (exact) mass is 456 g/mol. The first-order chi connectivity index (χ1) is 15.7. The van der Waals surface area contributed by atoms with Crippen LogP contribution in [-0.4, -0.2) is 20.9 Å². The number of nitrogens with one attached hydrogen (secondary N) is 1. The lowest BCUT2D eigenvalue weighted by molar-refractivity contribution is 0.102. The molecule has 0 atom stereocenters. The quantitative estimate of drug-likeness (QED) is 0.339. The van der Waals surface area contributed by atoms with Gasteiger partial charge in [0.25, 0.3) is 5.91 Å². The number of amides is 1. The number of carbonyl (C=O) groups excluding carboxylic acids is 1. The number of hydrogen-bond donors (Lipinski definition) is 1. The highest BCUT2D eigenvalue weighted by Gasteiger charge is 2.16. The molecule has 0 fully saturated rings. The van der Waals surface area contributed by atoms with E-state index in [2.05, 4.69) is 15.3 Å². The molecular weight excluding hydrogens is 440 g/mol. The average molecular weight is 457 g/mol. The predicted molar refractivity (Wildman–Crippen MR) is 129 cm³/mol. The highest BCUT2D eigenvalue weighted by Crippen LogP contribution is 2.27. The number of aromatic nitrogens is 3. The molecule has 156 valence electrons. The van der Waals surface area contributed by atoms with Crippen LogP contribution in [0.15, 0.2) is 85.3 Å². The molecule has 0 saturated heterocycles. The third-order valence-corrected chi connectivity index (χ3v) is 6.15. The summed E-state index contributed by atoms with van der Waals surface area (Å²) in [6, 6.07) is 20.9. The number of nitrogens with zero attached hydrogens (tertiary/aromatic N) is 3. The van der Waals surface area contributed by atoms with Crippen LogP contribution in [0.2, 0.25) is 5.02 Å². The minimum Gasteiger partial charge on any atom is -0.298 e. The summed E-state index contributed by atoms with van der Waals surface area (Å²) in [6.45, 7) is 0. The number of anilines is 1. The van der Waals surface area contributed by atoms with E-state index in [-0.39, 0.29) is 5.91 Å². The molecule has 5 aromatic rings. The number of halogens is 1. The molecule has 0 saturated carbocycles. The van der Waals surface area contributed by atoms with Crippen LogP contribution >= 0.6 is 22.9 Å². The Bertz CT molecular complexity index is 1400. The van der Waals surface area contributed by atoms with Crippen molar-refractivity contribution in [2.75, 3.05) is 5.32 Å². The molecule has 3 heterocycles. The molecule has 1 amide bonds. The van der Waals surface area contributed by atoms with Gasteiger partial charge >= 0.3 is 0 Å². The van der Waals surface area contributed by atoms with Crippen molar-refractivity contribution in [2.24, 2.45) is 0 Å². The topological polar surface area (TPSA) is 67.8 Å². The summed E-state index contributed by atoms with van der Waals surface area (Å²) in [5.41, 5.74) is 3.99. The van der Waals surface area contributed by atoms with Crippen LogP contribution in [-0.2, 0) is 6.42 Å². The summed E-state index contributed by atoms with van der Waals surface area (Å²) < 4.78 is 0. The molecule has 5 rings (SSSR count). The van der Waals surface area contributed by atoms with Gasteiger partial charge in [0.2, 0.25) is 0 Å². The number of carbonyl (C=O) groups is 1. The standard InChI is InChI=1S/C25H17ClN4OS/c26-18-9-7-16(8-10-18)12-19-15-28-25(32-19)30-24(31)21-13-23(17-4-3-11-27-14-17)29-22-6-2-1-5-20(21)22/h1-11,13-15H,12H2,(H,28,30,31). The van der Waals surface area contributed by atoms with Crippen molar-refractivity contribution in [3.63, 3.8) is 0 Å². The molecule has 2 aromatic carbocycles. The summed E-state index contributed by atoms with van der Waals surface area (Å²) in [6.07, 6.45) is 5.97. The van der Waals surface area contributed by atoms with Gasteiger partial charge in [-0.25, -0.2) is 9.97 Å². The van der Waals surface area contributed by atoms with Gasteiger partial charge in [-0.05, 0) is 42.0 Å². The van der Waals surface area contributed by atoms with E-state index in [4.69, 9.17) is 16.6 Å². The molecule has 0 aliphatic carbocycles. The molecule has 0 aliphatic heterocycles. The Labute approximate surface area is 193 Å². The molecule has 0 spiro atoms. The van der Waals surface area contributed by atoms with Gasteiger partial charge in [0.1, 0.15) is 0 Å². The van der Waals surface area contributed by atoms with Crippen molar-refractivity contribution < 1.29 is 4.79 Å². The summed E-state index contributed by atoms with van der Waals surface area (Å²) >= 11 is 7.42. The molecule has 32 heavy (non-hydrogen) atoms. The summed E-state index contributed by atoms with van der Waals surface area (Å²) in [4.78, 5) is 27.5. The maximum absolute atomic E-state index is 13.2. The van der Waals surface area contributed by atoms with Crippen molar-refractivity contribution >= 4 is 44.9 Å². The lowest BCUT2D eigenvalue weighted by Crippen LogP contribution is -2.13. The van der Waals surface area contributed by atoms with E-state index in [1.807, 2.05) is 60.7 Å². The third kappa shape index (κ3) is 4.37. The van der Waals surface area contributed by atoms with Crippen LogP contribution in [0, 0.1) is 0 Å². The average Bonchev–Trinajstić information content (AvgIpc) is 3.27. The normalized spacial score (nSPS) is 10.9. The van der Waals surface area contributed by atoms with Gasteiger partial charge in [0, 0.05) is 45.9 Å². The zero-order valence-electron chi connectivity index (χ0n) is 16.8. The molecule has 5 nitrogen and oxygen atoms in total. The van der Waals surface area contributed by atoms with Crippen molar-refractivity contribution in [3.05, 3.63) is 106 Å². The number of pyridine rings is 2. The Hall–Kier alpha value is -3.61. The van der Waals surface area contributed by atoms with E-state index in [1.54, 1.807) is 24.7 Å².